The Bertz CT molecular complexity index is 3200. The molecule has 0 saturated heterocycles. The van der Waals surface area contributed by atoms with Gasteiger partial charge in [0, 0.05) is 50.0 Å². The molecule has 0 N–H and O–H groups in total. The van der Waals surface area contributed by atoms with Gasteiger partial charge < -0.3 is 8.98 Å². The molecule has 0 aliphatic rings. The molecule has 0 fully saturated rings. The zero-order valence-electron chi connectivity index (χ0n) is 29.0. The second-order valence-corrected chi connectivity index (χ2v) is 13.6. The number of fused-ring (bicyclic) bond motifs is 8. The van der Waals surface area contributed by atoms with Gasteiger partial charge in [0.15, 0.2) is 17.5 Å². The molecule has 252 valence electrons. The van der Waals surface area contributed by atoms with E-state index >= 15 is 0 Å². The summed E-state index contributed by atoms with van der Waals surface area (Å²) in [5, 5.41) is 6.94. The van der Waals surface area contributed by atoms with Crippen LogP contribution in [0, 0.1) is 0 Å². The maximum Gasteiger partial charge on any atom is 0.164 e. The maximum atomic E-state index is 6.65. The molecule has 0 amide bonds. The molecule has 0 spiro atoms. The van der Waals surface area contributed by atoms with Crippen LogP contribution in [0.3, 0.4) is 0 Å². The molecule has 3 aromatic heterocycles. The van der Waals surface area contributed by atoms with E-state index < -0.39 is 0 Å². The fourth-order valence-corrected chi connectivity index (χ4v) is 7.94. The average molecular weight is 691 g/mol. The molecule has 0 atom stereocenters. The van der Waals surface area contributed by atoms with Gasteiger partial charge in [0.05, 0.1) is 11.0 Å². The monoisotopic (exact) mass is 690 g/mol. The molecule has 5 nitrogen and oxygen atoms in total. The van der Waals surface area contributed by atoms with Crippen molar-refractivity contribution in [3.8, 4) is 51.0 Å². The minimum absolute atomic E-state index is 0.595. The highest BCUT2D eigenvalue weighted by Crippen LogP contribution is 2.40. The smallest absolute Gasteiger partial charge is 0.164 e. The summed E-state index contributed by atoms with van der Waals surface area (Å²) in [6, 6.07) is 63.2. The largest absolute Gasteiger partial charge is 0.456 e. The number of nitrogens with zero attached hydrogens (tertiary/aromatic N) is 4. The van der Waals surface area contributed by atoms with Crippen LogP contribution in [-0.4, -0.2) is 19.5 Å². The number of hydrogen-bond donors (Lipinski definition) is 0. The third kappa shape index (κ3) is 4.83. The number of para-hydroxylation sites is 1. The van der Waals surface area contributed by atoms with Gasteiger partial charge in [-0.05, 0) is 52.2 Å². The second kappa shape index (κ2) is 12.1. The normalized spacial score (nSPS) is 11.7. The molecule has 0 unspecified atom stereocenters. The van der Waals surface area contributed by atoms with Gasteiger partial charge in [0.2, 0.25) is 0 Å². The highest BCUT2D eigenvalue weighted by atomic mass is 16.3. The van der Waals surface area contributed by atoms with Crippen molar-refractivity contribution in [1.82, 2.24) is 19.5 Å². The zero-order valence-corrected chi connectivity index (χ0v) is 29.0. The van der Waals surface area contributed by atoms with E-state index in [9.17, 15) is 0 Å². The first-order valence-electron chi connectivity index (χ1n) is 18.1. The van der Waals surface area contributed by atoms with Gasteiger partial charge in [-0.15, -0.1) is 0 Å². The third-order valence-corrected chi connectivity index (χ3v) is 10.5. The Morgan fingerprint density at radius 2 is 1.00 bits per heavy atom. The minimum Gasteiger partial charge on any atom is -0.456 e. The number of hydrogen-bond acceptors (Lipinski definition) is 4. The molecule has 0 bridgehead atoms. The summed E-state index contributed by atoms with van der Waals surface area (Å²) >= 11 is 0. The summed E-state index contributed by atoms with van der Waals surface area (Å²) in [6.45, 7) is 0. The van der Waals surface area contributed by atoms with Crippen molar-refractivity contribution in [2.24, 2.45) is 0 Å². The average Bonchev–Trinajstić information content (AvgIpc) is 3.80. The van der Waals surface area contributed by atoms with Crippen LogP contribution < -0.4 is 0 Å². The van der Waals surface area contributed by atoms with E-state index in [4.69, 9.17) is 19.4 Å². The lowest BCUT2D eigenvalue weighted by Gasteiger charge is -2.10. The summed E-state index contributed by atoms with van der Waals surface area (Å²) in [5.41, 5.74) is 9.98. The Kier molecular flexibility index (Phi) is 6.79. The molecule has 5 heteroatoms. The molecule has 11 rings (SSSR count). The number of furan rings is 1. The first-order valence-corrected chi connectivity index (χ1v) is 18.1. The molecule has 54 heavy (non-hydrogen) atoms. The van der Waals surface area contributed by atoms with Crippen LogP contribution in [0.15, 0.2) is 186 Å². The lowest BCUT2D eigenvalue weighted by atomic mass is 10.0. The van der Waals surface area contributed by atoms with Crippen LogP contribution in [0.5, 0.6) is 0 Å². The van der Waals surface area contributed by atoms with E-state index in [1.165, 1.54) is 27.1 Å². The number of benzene rings is 8. The molecule has 0 aliphatic carbocycles. The zero-order chi connectivity index (χ0) is 35.6. The van der Waals surface area contributed by atoms with Gasteiger partial charge in [-0.1, -0.05) is 146 Å². The number of rotatable bonds is 5. The van der Waals surface area contributed by atoms with Crippen LogP contribution >= 0.6 is 0 Å². The molecule has 0 aliphatic heterocycles. The topological polar surface area (TPSA) is 56.7 Å². The summed E-state index contributed by atoms with van der Waals surface area (Å²) in [4.78, 5) is 15.2. The van der Waals surface area contributed by atoms with Crippen LogP contribution in [0.1, 0.15) is 0 Å². The fraction of sp³-hybridized carbons (Fsp3) is 0. The lowest BCUT2D eigenvalue weighted by molar-refractivity contribution is 0.668. The molecule has 8 aromatic carbocycles. The van der Waals surface area contributed by atoms with E-state index in [1.807, 2.05) is 48.5 Å². The molecule has 0 saturated carbocycles. The molecule has 3 heterocycles. The predicted octanol–water partition coefficient (Wildman–Crippen LogP) is 12.7. The van der Waals surface area contributed by atoms with E-state index in [2.05, 4.69) is 138 Å². The van der Waals surface area contributed by atoms with Crippen LogP contribution in [-0.2, 0) is 0 Å². The van der Waals surface area contributed by atoms with Crippen LogP contribution in [0.4, 0.5) is 0 Å². The predicted molar refractivity (Wildman–Crippen MR) is 221 cm³/mol. The maximum absolute atomic E-state index is 6.65. The van der Waals surface area contributed by atoms with Crippen molar-refractivity contribution in [3.05, 3.63) is 182 Å². The Morgan fingerprint density at radius 3 is 1.80 bits per heavy atom. The SMILES string of the molecule is c1ccc(-c2ccc(-c3nc(-c4ccccc4)nc(-c4cccc5oc6cc(-n7c8ccccc8c8c9ccccc9ccc87)ccc6c45)n3)cc2)cc1. The Labute approximate surface area is 310 Å². The summed E-state index contributed by atoms with van der Waals surface area (Å²) in [6.07, 6.45) is 0. The van der Waals surface area contributed by atoms with Gasteiger partial charge in [0.1, 0.15) is 11.2 Å². The Hall–Kier alpha value is -7.37. The van der Waals surface area contributed by atoms with Gasteiger partial charge >= 0.3 is 0 Å². The molecular formula is C49H30N4O. The third-order valence-electron chi connectivity index (χ3n) is 10.5. The van der Waals surface area contributed by atoms with Crippen molar-refractivity contribution in [1.29, 1.82) is 0 Å². The quantitative estimate of drug-likeness (QED) is 0.180. The lowest BCUT2D eigenvalue weighted by Crippen LogP contribution is -2.00. The Balaban J connectivity index is 1.08. The van der Waals surface area contributed by atoms with Gasteiger partial charge in [-0.25, -0.2) is 15.0 Å². The molecule has 11 aromatic rings. The van der Waals surface area contributed by atoms with Crippen LogP contribution in [0.2, 0.25) is 0 Å². The van der Waals surface area contributed by atoms with Crippen molar-refractivity contribution in [2.45, 2.75) is 0 Å². The van der Waals surface area contributed by atoms with Crippen molar-refractivity contribution >= 4 is 54.5 Å². The first-order chi connectivity index (χ1) is 26.8. The van der Waals surface area contributed by atoms with Gasteiger partial charge in [-0.2, -0.15) is 0 Å². The van der Waals surface area contributed by atoms with E-state index in [0.717, 1.165) is 60.9 Å². The van der Waals surface area contributed by atoms with E-state index in [-0.39, 0.29) is 0 Å². The molecule has 0 radical (unpaired) electrons. The van der Waals surface area contributed by atoms with Crippen molar-refractivity contribution in [3.63, 3.8) is 0 Å². The summed E-state index contributed by atoms with van der Waals surface area (Å²) in [5.74, 6) is 1.83. The highest BCUT2D eigenvalue weighted by Gasteiger charge is 2.20. The number of aromatic nitrogens is 4. The van der Waals surface area contributed by atoms with Crippen LogP contribution in [0.25, 0.3) is 105 Å². The van der Waals surface area contributed by atoms with Gasteiger partial charge in [0.25, 0.3) is 0 Å². The highest BCUT2D eigenvalue weighted by molar-refractivity contribution is 6.21. The molecular weight excluding hydrogens is 661 g/mol. The fourth-order valence-electron chi connectivity index (χ4n) is 7.94. The standard InChI is InChI=1S/C49H30N4O/c1-3-12-31(13-4-1)32-22-24-35(25-23-32)48-50-47(34-15-5-2-6-16-34)51-49(52-48)40-19-11-21-43-46(40)39-28-27-36(30-44(39)54-43)53-41-20-10-9-18-38(41)45-37-17-8-7-14-33(37)26-29-42(45)53/h1-30H. The van der Waals surface area contributed by atoms with Crippen molar-refractivity contribution in [2.75, 3.05) is 0 Å². The van der Waals surface area contributed by atoms with Crippen molar-refractivity contribution < 1.29 is 4.42 Å². The van der Waals surface area contributed by atoms with E-state index in [0.29, 0.717) is 17.5 Å². The Morgan fingerprint density at radius 1 is 0.370 bits per heavy atom. The minimum atomic E-state index is 0.595. The second-order valence-electron chi connectivity index (χ2n) is 13.6. The summed E-state index contributed by atoms with van der Waals surface area (Å²) in [7, 11) is 0. The van der Waals surface area contributed by atoms with Gasteiger partial charge in [-0.3, -0.25) is 0 Å². The first kappa shape index (κ1) is 30.3. The van der Waals surface area contributed by atoms with E-state index in [1.54, 1.807) is 0 Å². The summed E-state index contributed by atoms with van der Waals surface area (Å²) < 4.78 is 8.99.